The summed E-state index contributed by atoms with van der Waals surface area (Å²) in [4.78, 5) is 2.30. The summed E-state index contributed by atoms with van der Waals surface area (Å²) < 4.78 is 0. The zero-order chi connectivity index (χ0) is 11.8. The number of anilines is 1. The maximum absolute atomic E-state index is 9.89. The zero-order valence-corrected chi connectivity index (χ0v) is 9.71. The van der Waals surface area contributed by atoms with Gasteiger partial charge in [0.15, 0.2) is 0 Å². The Morgan fingerprint density at radius 3 is 2.94 bits per heavy atom. The van der Waals surface area contributed by atoms with Crippen LogP contribution in [0.4, 0.5) is 5.69 Å². The number of rotatable bonds is 1. The Labute approximate surface area is 101 Å². The summed E-state index contributed by atoms with van der Waals surface area (Å²) in [7, 11) is 0. The minimum Gasteiger partial charge on any atom is -0.393 e. The van der Waals surface area contributed by atoms with Crippen molar-refractivity contribution in [3.05, 3.63) is 29.8 Å². The SMILES string of the molecule is N#Cc1cccc(N2CC3CCC(O)C3C2)c1. The fourth-order valence-corrected chi connectivity index (χ4v) is 3.22. The Kier molecular flexibility index (Phi) is 2.53. The average Bonchev–Trinajstić information content (AvgIpc) is 2.92. The second-order valence-corrected chi connectivity index (χ2v) is 5.14. The minimum absolute atomic E-state index is 0.121. The van der Waals surface area contributed by atoms with E-state index in [4.69, 9.17) is 5.26 Å². The average molecular weight is 228 g/mol. The molecule has 1 aliphatic carbocycles. The van der Waals surface area contributed by atoms with Crippen LogP contribution in [-0.4, -0.2) is 24.3 Å². The summed E-state index contributed by atoms with van der Waals surface area (Å²) in [5.41, 5.74) is 1.82. The Bertz CT molecular complexity index is 466. The molecule has 1 N–H and O–H groups in total. The van der Waals surface area contributed by atoms with Crippen molar-refractivity contribution >= 4 is 5.69 Å². The third kappa shape index (κ3) is 1.79. The second kappa shape index (κ2) is 4.05. The van der Waals surface area contributed by atoms with Crippen molar-refractivity contribution < 1.29 is 5.11 Å². The quantitative estimate of drug-likeness (QED) is 0.796. The van der Waals surface area contributed by atoms with Crippen LogP contribution in [0.1, 0.15) is 18.4 Å². The van der Waals surface area contributed by atoms with Gasteiger partial charge in [0.05, 0.1) is 17.7 Å². The lowest BCUT2D eigenvalue weighted by Crippen LogP contribution is -2.24. The molecule has 0 radical (unpaired) electrons. The van der Waals surface area contributed by atoms with Gasteiger partial charge in [0.1, 0.15) is 0 Å². The number of aliphatic hydroxyl groups excluding tert-OH is 1. The molecule has 1 aromatic carbocycles. The van der Waals surface area contributed by atoms with Gasteiger partial charge in [0.25, 0.3) is 0 Å². The van der Waals surface area contributed by atoms with Crippen LogP contribution in [0.2, 0.25) is 0 Å². The van der Waals surface area contributed by atoms with Crippen LogP contribution in [0.25, 0.3) is 0 Å². The normalized spacial score (nSPS) is 31.3. The molecule has 0 spiro atoms. The van der Waals surface area contributed by atoms with Crippen LogP contribution >= 0.6 is 0 Å². The maximum atomic E-state index is 9.89. The molecule has 88 valence electrons. The Balaban J connectivity index is 1.81. The van der Waals surface area contributed by atoms with Gasteiger partial charge in [-0.1, -0.05) is 6.07 Å². The molecule has 3 atom stereocenters. The van der Waals surface area contributed by atoms with E-state index in [9.17, 15) is 5.11 Å². The molecule has 3 rings (SSSR count). The van der Waals surface area contributed by atoms with Gasteiger partial charge in [0, 0.05) is 24.7 Å². The molecule has 0 amide bonds. The van der Waals surface area contributed by atoms with Gasteiger partial charge < -0.3 is 10.0 Å². The van der Waals surface area contributed by atoms with Crippen LogP contribution in [0.15, 0.2) is 24.3 Å². The monoisotopic (exact) mass is 228 g/mol. The van der Waals surface area contributed by atoms with Gasteiger partial charge in [-0.2, -0.15) is 5.26 Å². The van der Waals surface area contributed by atoms with E-state index in [-0.39, 0.29) is 6.10 Å². The van der Waals surface area contributed by atoms with Gasteiger partial charge in [0.2, 0.25) is 0 Å². The number of nitriles is 1. The van der Waals surface area contributed by atoms with Gasteiger partial charge in [-0.15, -0.1) is 0 Å². The summed E-state index contributed by atoms with van der Waals surface area (Å²) in [6, 6.07) is 9.92. The summed E-state index contributed by atoms with van der Waals surface area (Å²) >= 11 is 0. The lowest BCUT2D eigenvalue weighted by molar-refractivity contribution is 0.133. The molecule has 1 saturated carbocycles. The standard InChI is InChI=1S/C14H16N2O/c15-7-10-2-1-3-12(6-10)16-8-11-4-5-14(17)13(11)9-16/h1-3,6,11,13-14,17H,4-5,8-9H2. The van der Waals surface area contributed by atoms with Crippen LogP contribution in [0.3, 0.4) is 0 Å². The highest BCUT2D eigenvalue weighted by Gasteiger charge is 2.41. The predicted molar refractivity (Wildman–Crippen MR) is 65.6 cm³/mol. The summed E-state index contributed by atoms with van der Waals surface area (Å²) in [6.07, 6.45) is 1.98. The van der Waals surface area contributed by atoms with Crippen molar-refractivity contribution in [2.75, 3.05) is 18.0 Å². The van der Waals surface area contributed by atoms with Gasteiger partial charge in [-0.3, -0.25) is 0 Å². The van der Waals surface area contributed by atoms with Crippen molar-refractivity contribution in [3.8, 4) is 6.07 Å². The Morgan fingerprint density at radius 2 is 2.18 bits per heavy atom. The van der Waals surface area contributed by atoms with Crippen LogP contribution < -0.4 is 4.90 Å². The van der Waals surface area contributed by atoms with E-state index in [0.29, 0.717) is 17.4 Å². The second-order valence-electron chi connectivity index (χ2n) is 5.14. The van der Waals surface area contributed by atoms with E-state index >= 15 is 0 Å². The van der Waals surface area contributed by atoms with Crippen LogP contribution in [0.5, 0.6) is 0 Å². The number of hydrogen-bond donors (Lipinski definition) is 1. The first-order valence-corrected chi connectivity index (χ1v) is 6.21. The first-order valence-electron chi connectivity index (χ1n) is 6.21. The lowest BCUT2D eigenvalue weighted by atomic mass is 10.00. The van der Waals surface area contributed by atoms with E-state index < -0.39 is 0 Å². The van der Waals surface area contributed by atoms with E-state index in [1.165, 1.54) is 0 Å². The molecule has 1 aliphatic heterocycles. The molecule has 0 aromatic heterocycles. The van der Waals surface area contributed by atoms with Crippen molar-refractivity contribution in [1.29, 1.82) is 5.26 Å². The van der Waals surface area contributed by atoms with Crippen LogP contribution in [-0.2, 0) is 0 Å². The first kappa shape index (κ1) is 10.6. The molecular weight excluding hydrogens is 212 g/mol. The number of benzene rings is 1. The third-order valence-corrected chi connectivity index (χ3v) is 4.16. The molecule has 3 unspecified atom stereocenters. The topological polar surface area (TPSA) is 47.3 Å². The van der Waals surface area contributed by atoms with Crippen LogP contribution in [0, 0.1) is 23.2 Å². The van der Waals surface area contributed by atoms with E-state index in [2.05, 4.69) is 11.0 Å². The molecule has 0 bridgehead atoms. The van der Waals surface area contributed by atoms with E-state index in [1.54, 1.807) is 0 Å². The molecule has 1 heterocycles. The highest BCUT2D eigenvalue weighted by atomic mass is 16.3. The summed E-state index contributed by atoms with van der Waals surface area (Å²) in [6.45, 7) is 1.96. The van der Waals surface area contributed by atoms with Crippen molar-refractivity contribution in [2.45, 2.75) is 18.9 Å². The first-order chi connectivity index (χ1) is 8.28. The summed E-state index contributed by atoms with van der Waals surface area (Å²) in [5.74, 6) is 1.07. The number of aliphatic hydroxyl groups is 1. The molecular formula is C14H16N2O. The fraction of sp³-hybridized carbons (Fsp3) is 0.500. The summed E-state index contributed by atoms with van der Waals surface area (Å²) in [5, 5.41) is 18.8. The smallest absolute Gasteiger partial charge is 0.0992 e. The van der Waals surface area contributed by atoms with Gasteiger partial charge >= 0.3 is 0 Å². The van der Waals surface area contributed by atoms with E-state index in [1.807, 2.05) is 24.3 Å². The maximum Gasteiger partial charge on any atom is 0.0992 e. The minimum atomic E-state index is -0.121. The number of hydrogen-bond acceptors (Lipinski definition) is 3. The molecule has 2 fully saturated rings. The number of fused-ring (bicyclic) bond motifs is 1. The molecule has 1 aromatic rings. The molecule has 2 aliphatic rings. The highest BCUT2D eigenvalue weighted by Crippen LogP contribution is 2.39. The fourth-order valence-electron chi connectivity index (χ4n) is 3.22. The predicted octanol–water partition coefficient (Wildman–Crippen LogP) is 1.77. The molecule has 3 nitrogen and oxygen atoms in total. The van der Waals surface area contributed by atoms with Gasteiger partial charge in [-0.25, -0.2) is 0 Å². The zero-order valence-electron chi connectivity index (χ0n) is 9.71. The van der Waals surface area contributed by atoms with Crippen molar-refractivity contribution in [2.24, 2.45) is 11.8 Å². The van der Waals surface area contributed by atoms with E-state index in [0.717, 1.165) is 31.6 Å². The van der Waals surface area contributed by atoms with Crippen molar-refractivity contribution in [3.63, 3.8) is 0 Å². The molecule has 17 heavy (non-hydrogen) atoms. The Hall–Kier alpha value is -1.53. The lowest BCUT2D eigenvalue weighted by Gasteiger charge is -2.20. The third-order valence-electron chi connectivity index (χ3n) is 4.16. The van der Waals surface area contributed by atoms with Crippen molar-refractivity contribution in [1.82, 2.24) is 0 Å². The highest BCUT2D eigenvalue weighted by molar-refractivity contribution is 5.52. The largest absolute Gasteiger partial charge is 0.393 e. The molecule has 3 heteroatoms. The van der Waals surface area contributed by atoms with Gasteiger partial charge in [-0.05, 0) is 37.0 Å². The Morgan fingerprint density at radius 1 is 1.29 bits per heavy atom. The molecule has 1 saturated heterocycles. The number of nitrogens with zero attached hydrogens (tertiary/aromatic N) is 2.